The molecule has 0 aliphatic carbocycles. The largest absolute Gasteiger partial charge is 0.467 e. The number of methoxy groups -OCH3 is 1. The highest BCUT2D eigenvalue weighted by atomic mass is 16.5. The highest BCUT2D eigenvalue weighted by molar-refractivity contribution is 6.03. The number of nitrogens with zero attached hydrogens (tertiary/aromatic N) is 2. The van der Waals surface area contributed by atoms with Crippen LogP contribution in [-0.4, -0.2) is 47.2 Å². The monoisotopic (exact) mass is 407 g/mol. The lowest BCUT2D eigenvalue weighted by Crippen LogP contribution is -2.44. The van der Waals surface area contributed by atoms with Crippen molar-refractivity contribution in [2.75, 3.05) is 13.7 Å². The molecule has 0 spiro atoms. The number of furan rings is 1. The Kier molecular flexibility index (Phi) is 7.13. The van der Waals surface area contributed by atoms with E-state index in [2.05, 4.69) is 10.3 Å². The van der Waals surface area contributed by atoms with Crippen LogP contribution in [0, 0.1) is 12.8 Å². The molecule has 1 atom stereocenters. The Morgan fingerprint density at radius 1 is 1.31 bits per heavy atom. The summed E-state index contributed by atoms with van der Waals surface area (Å²) in [6.45, 7) is 6.72. The fraction of sp³-hybridized carbons (Fsp3) is 0.526. The molecule has 0 aliphatic rings. The van der Waals surface area contributed by atoms with Gasteiger partial charge in [-0.15, -0.1) is 0 Å². The van der Waals surface area contributed by atoms with Crippen molar-refractivity contribution in [3.63, 3.8) is 0 Å². The SMILES string of the molecule is CCOC(=O)c1c(C)oc2ncn(CC(=O)N[C@@H](CC(C)C)C(=O)OC)c(=O)c12. The number of carbonyl (C=O) groups excluding carboxylic acids is 3. The summed E-state index contributed by atoms with van der Waals surface area (Å²) in [6.07, 6.45) is 1.54. The number of ether oxygens (including phenoxy) is 2. The third kappa shape index (κ3) is 5.01. The Balaban J connectivity index is 2.32. The van der Waals surface area contributed by atoms with Crippen molar-refractivity contribution in [3.8, 4) is 0 Å². The summed E-state index contributed by atoms with van der Waals surface area (Å²) in [5.74, 6) is -1.49. The van der Waals surface area contributed by atoms with Crippen LogP contribution in [0.4, 0.5) is 0 Å². The summed E-state index contributed by atoms with van der Waals surface area (Å²) in [6, 6.07) is -0.828. The van der Waals surface area contributed by atoms with Crippen LogP contribution in [0.15, 0.2) is 15.5 Å². The Morgan fingerprint density at radius 2 is 2.00 bits per heavy atom. The van der Waals surface area contributed by atoms with Gasteiger partial charge < -0.3 is 19.2 Å². The molecule has 0 aliphatic heterocycles. The van der Waals surface area contributed by atoms with Gasteiger partial charge in [-0.2, -0.15) is 0 Å². The lowest BCUT2D eigenvalue weighted by Gasteiger charge is -2.18. The number of fused-ring (bicyclic) bond motifs is 1. The van der Waals surface area contributed by atoms with Crippen LogP contribution in [0.25, 0.3) is 11.1 Å². The zero-order chi connectivity index (χ0) is 21.7. The molecule has 0 fully saturated rings. The van der Waals surface area contributed by atoms with E-state index < -0.39 is 29.4 Å². The first-order chi connectivity index (χ1) is 13.7. The third-order valence-electron chi connectivity index (χ3n) is 4.18. The van der Waals surface area contributed by atoms with E-state index in [0.717, 1.165) is 10.9 Å². The van der Waals surface area contributed by atoms with Gasteiger partial charge in [0.25, 0.3) is 5.56 Å². The van der Waals surface area contributed by atoms with Crippen molar-refractivity contribution in [1.82, 2.24) is 14.9 Å². The average Bonchev–Trinajstić information content (AvgIpc) is 2.99. The fourth-order valence-electron chi connectivity index (χ4n) is 2.92. The molecular formula is C19H25N3O7. The van der Waals surface area contributed by atoms with Gasteiger partial charge in [-0.05, 0) is 26.2 Å². The zero-order valence-electron chi connectivity index (χ0n) is 17.1. The lowest BCUT2D eigenvalue weighted by atomic mass is 10.0. The van der Waals surface area contributed by atoms with Crippen molar-refractivity contribution < 1.29 is 28.3 Å². The third-order valence-corrected chi connectivity index (χ3v) is 4.18. The van der Waals surface area contributed by atoms with Gasteiger partial charge in [0.05, 0.1) is 13.7 Å². The molecule has 0 saturated carbocycles. The van der Waals surface area contributed by atoms with Crippen LogP contribution < -0.4 is 10.9 Å². The summed E-state index contributed by atoms with van der Waals surface area (Å²) >= 11 is 0. The number of esters is 2. The van der Waals surface area contributed by atoms with E-state index in [0.29, 0.717) is 6.42 Å². The van der Waals surface area contributed by atoms with Crippen molar-refractivity contribution in [2.45, 2.75) is 46.7 Å². The second kappa shape index (κ2) is 9.35. The van der Waals surface area contributed by atoms with Gasteiger partial charge in [-0.3, -0.25) is 14.2 Å². The second-order valence-corrected chi connectivity index (χ2v) is 6.88. The van der Waals surface area contributed by atoms with E-state index >= 15 is 0 Å². The Bertz CT molecular complexity index is 974. The Morgan fingerprint density at radius 3 is 2.59 bits per heavy atom. The summed E-state index contributed by atoms with van der Waals surface area (Å²) in [5, 5.41) is 2.52. The fourth-order valence-corrected chi connectivity index (χ4v) is 2.92. The molecule has 1 N–H and O–H groups in total. The lowest BCUT2D eigenvalue weighted by molar-refractivity contribution is -0.145. The summed E-state index contributed by atoms with van der Waals surface area (Å²) in [7, 11) is 1.24. The average molecular weight is 407 g/mol. The molecule has 10 nitrogen and oxygen atoms in total. The van der Waals surface area contributed by atoms with Gasteiger partial charge in [0.15, 0.2) is 0 Å². The molecule has 0 saturated heterocycles. The minimum Gasteiger partial charge on any atom is -0.467 e. The minimum atomic E-state index is -0.828. The number of amides is 1. The van der Waals surface area contributed by atoms with E-state index in [-0.39, 0.29) is 41.5 Å². The molecule has 2 aromatic rings. The van der Waals surface area contributed by atoms with Crippen molar-refractivity contribution in [1.29, 1.82) is 0 Å². The van der Waals surface area contributed by atoms with Gasteiger partial charge in [0, 0.05) is 0 Å². The minimum absolute atomic E-state index is 0.0126. The molecule has 2 heterocycles. The number of rotatable bonds is 8. The van der Waals surface area contributed by atoms with Crippen LogP contribution in [0.2, 0.25) is 0 Å². The quantitative estimate of drug-likeness (QED) is 0.646. The topological polar surface area (TPSA) is 130 Å². The maximum atomic E-state index is 12.8. The maximum absolute atomic E-state index is 12.8. The normalized spacial score (nSPS) is 12.1. The molecular weight excluding hydrogens is 382 g/mol. The predicted molar refractivity (Wildman–Crippen MR) is 102 cm³/mol. The van der Waals surface area contributed by atoms with E-state index in [1.54, 1.807) is 6.92 Å². The van der Waals surface area contributed by atoms with Gasteiger partial charge >= 0.3 is 11.9 Å². The van der Waals surface area contributed by atoms with Crippen LogP contribution >= 0.6 is 0 Å². The highest BCUT2D eigenvalue weighted by Crippen LogP contribution is 2.21. The molecule has 2 rings (SSSR count). The Labute approximate surface area is 167 Å². The van der Waals surface area contributed by atoms with Crippen LogP contribution in [-0.2, 0) is 25.6 Å². The van der Waals surface area contributed by atoms with Crippen LogP contribution in [0.5, 0.6) is 0 Å². The van der Waals surface area contributed by atoms with Crippen molar-refractivity contribution >= 4 is 28.9 Å². The summed E-state index contributed by atoms with van der Waals surface area (Å²) in [5.41, 5.74) is -0.649. The predicted octanol–water partition coefficient (Wildman–Crippen LogP) is 1.18. The first-order valence-electron chi connectivity index (χ1n) is 9.22. The molecule has 0 unspecified atom stereocenters. The van der Waals surface area contributed by atoms with Gasteiger partial charge in [0.2, 0.25) is 11.6 Å². The Hall–Kier alpha value is -3.17. The van der Waals surface area contributed by atoms with Crippen molar-refractivity contribution in [3.05, 3.63) is 28.0 Å². The molecule has 1 amide bonds. The van der Waals surface area contributed by atoms with Crippen molar-refractivity contribution in [2.24, 2.45) is 5.92 Å². The second-order valence-electron chi connectivity index (χ2n) is 6.88. The number of carbonyl (C=O) groups is 3. The highest BCUT2D eigenvalue weighted by Gasteiger charge is 2.26. The zero-order valence-corrected chi connectivity index (χ0v) is 17.1. The van der Waals surface area contributed by atoms with Gasteiger partial charge in [0.1, 0.15) is 35.6 Å². The van der Waals surface area contributed by atoms with Crippen LogP contribution in [0.3, 0.4) is 0 Å². The molecule has 0 aromatic carbocycles. The van der Waals surface area contributed by atoms with E-state index in [4.69, 9.17) is 13.9 Å². The molecule has 0 bridgehead atoms. The number of aromatic nitrogens is 2. The molecule has 2 aromatic heterocycles. The number of nitrogens with one attached hydrogen (secondary N) is 1. The standard InChI is InChI=1S/C19H25N3O7/c1-6-28-19(26)14-11(4)29-16-15(14)17(24)22(9-20-16)8-13(23)21-12(7-10(2)3)18(25)27-5/h9-10,12H,6-8H2,1-5H3,(H,21,23)/t12-/m0/s1. The molecule has 0 radical (unpaired) electrons. The first kappa shape index (κ1) is 22.1. The van der Waals surface area contributed by atoms with E-state index in [1.807, 2.05) is 13.8 Å². The van der Waals surface area contributed by atoms with E-state index in [9.17, 15) is 19.2 Å². The summed E-state index contributed by atoms with van der Waals surface area (Å²) < 4.78 is 16.1. The van der Waals surface area contributed by atoms with Crippen LogP contribution in [0.1, 0.15) is 43.3 Å². The van der Waals surface area contributed by atoms with E-state index in [1.165, 1.54) is 14.0 Å². The first-order valence-corrected chi connectivity index (χ1v) is 9.22. The number of hydrogen-bond donors (Lipinski definition) is 1. The van der Waals surface area contributed by atoms with Gasteiger partial charge in [-0.25, -0.2) is 14.6 Å². The number of hydrogen-bond acceptors (Lipinski definition) is 8. The molecule has 10 heteroatoms. The smallest absolute Gasteiger partial charge is 0.342 e. The molecule has 158 valence electrons. The summed E-state index contributed by atoms with van der Waals surface area (Å²) in [4.78, 5) is 53.3. The maximum Gasteiger partial charge on any atom is 0.342 e. The molecule has 29 heavy (non-hydrogen) atoms. The van der Waals surface area contributed by atoms with Gasteiger partial charge in [-0.1, -0.05) is 13.8 Å². The number of aryl methyl sites for hydroxylation is 1.